The molecule has 2 aromatic carbocycles. The Kier molecular flexibility index (Phi) is 5.92. The van der Waals surface area contributed by atoms with Crippen LogP contribution in [0.15, 0.2) is 48.7 Å². The first-order chi connectivity index (χ1) is 17.0. The number of aromatic nitrogens is 1. The zero-order chi connectivity index (χ0) is 24.0. The number of carbonyl (C=O) groups is 1. The van der Waals surface area contributed by atoms with Crippen LogP contribution in [0, 0.1) is 0 Å². The number of ether oxygens (including phenoxy) is 2. The van der Waals surface area contributed by atoms with Crippen LogP contribution in [0.3, 0.4) is 0 Å². The summed E-state index contributed by atoms with van der Waals surface area (Å²) in [7, 11) is 0. The molecule has 35 heavy (non-hydrogen) atoms. The van der Waals surface area contributed by atoms with E-state index in [1.807, 2.05) is 42.6 Å². The van der Waals surface area contributed by atoms with Crippen LogP contribution < -0.4 is 14.8 Å². The largest absolute Gasteiger partial charge is 0.454 e. The molecule has 1 unspecified atom stereocenters. The van der Waals surface area contributed by atoms with Crippen LogP contribution in [0.5, 0.6) is 11.5 Å². The van der Waals surface area contributed by atoms with Crippen molar-refractivity contribution in [3.63, 3.8) is 0 Å². The number of fused-ring (bicyclic) bond motifs is 1. The number of thiazole rings is 1. The second-order valence-electron chi connectivity index (χ2n) is 9.40. The first kappa shape index (κ1) is 22.8. The molecule has 182 valence electrons. The molecule has 1 aliphatic carbocycles. The van der Waals surface area contributed by atoms with E-state index in [0.29, 0.717) is 21.7 Å². The van der Waals surface area contributed by atoms with Crippen molar-refractivity contribution >= 4 is 34.0 Å². The zero-order valence-corrected chi connectivity index (χ0v) is 20.6. The maximum atomic E-state index is 13.4. The number of halogens is 1. The summed E-state index contributed by atoms with van der Waals surface area (Å²) in [6, 6.07) is 13.6. The van der Waals surface area contributed by atoms with Crippen LogP contribution in [0.1, 0.15) is 47.7 Å². The number of hydrogen-bond donors (Lipinski definition) is 2. The van der Waals surface area contributed by atoms with Crippen molar-refractivity contribution in [1.82, 2.24) is 9.88 Å². The number of carbonyl (C=O) groups excluding carboxylic acids is 1. The number of nitrogens with zero attached hydrogens (tertiary/aromatic N) is 2. The van der Waals surface area contributed by atoms with Gasteiger partial charge >= 0.3 is 0 Å². The fourth-order valence-electron chi connectivity index (χ4n) is 5.03. The number of nitrogens with one attached hydrogen (secondary N) is 1. The number of aliphatic hydroxyl groups excluding tert-OH is 1. The van der Waals surface area contributed by atoms with Gasteiger partial charge in [0.2, 0.25) is 12.7 Å². The molecule has 3 heterocycles. The van der Waals surface area contributed by atoms with Crippen LogP contribution in [-0.4, -0.2) is 46.9 Å². The van der Waals surface area contributed by atoms with Crippen molar-refractivity contribution in [1.29, 1.82) is 0 Å². The first-order valence-corrected chi connectivity index (χ1v) is 13.1. The standard InChI is InChI=1S/C26H26ClN3O4S/c27-18-3-1-2-16(12-18)23(30-10-6-19(31)7-11-30)22-14-28-25(35-22)29-24(32)26(8-9-26)17-4-5-20-21(13-17)34-15-33-20/h1-5,12-14,19,23,31H,6-11,15H2,(H,28,29,32). The summed E-state index contributed by atoms with van der Waals surface area (Å²) in [5, 5.41) is 14.3. The number of hydrogen-bond acceptors (Lipinski definition) is 7. The first-order valence-electron chi connectivity index (χ1n) is 11.9. The molecular weight excluding hydrogens is 486 g/mol. The molecule has 3 aromatic rings. The summed E-state index contributed by atoms with van der Waals surface area (Å²) in [5.41, 5.74) is 1.47. The third-order valence-corrected chi connectivity index (χ3v) is 8.35. The van der Waals surface area contributed by atoms with Crippen LogP contribution in [0.2, 0.25) is 5.02 Å². The van der Waals surface area contributed by atoms with Gasteiger partial charge in [-0.3, -0.25) is 9.69 Å². The summed E-state index contributed by atoms with van der Waals surface area (Å²) in [6.07, 6.45) is 4.63. The second-order valence-corrected chi connectivity index (χ2v) is 10.9. The molecule has 2 N–H and O–H groups in total. The molecule has 6 rings (SSSR count). The van der Waals surface area contributed by atoms with Gasteiger partial charge in [0.15, 0.2) is 16.6 Å². The highest BCUT2D eigenvalue weighted by molar-refractivity contribution is 7.15. The molecule has 0 bridgehead atoms. The van der Waals surface area contributed by atoms with Gasteiger partial charge in [-0.2, -0.15) is 0 Å². The highest BCUT2D eigenvalue weighted by atomic mass is 35.5. The van der Waals surface area contributed by atoms with Crippen molar-refractivity contribution in [3.8, 4) is 11.5 Å². The molecule has 3 aliphatic rings. The fraction of sp³-hybridized carbons (Fsp3) is 0.385. The number of anilines is 1. The molecule has 2 fully saturated rings. The highest BCUT2D eigenvalue weighted by Crippen LogP contribution is 2.51. The Morgan fingerprint density at radius 1 is 1.17 bits per heavy atom. The lowest BCUT2D eigenvalue weighted by Gasteiger charge is -2.36. The Labute approximate surface area is 212 Å². The number of rotatable bonds is 6. The van der Waals surface area contributed by atoms with Gasteiger partial charge < -0.3 is 19.9 Å². The minimum Gasteiger partial charge on any atom is -0.454 e. The third-order valence-electron chi connectivity index (χ3n) is 7.15. The van der Waals surface area contributed by atoms with Crippen LogP contribution in [0.25, 0.3) is 0 Å². The second kappa shape index (κ2) is 9.09. The molecular formula is C26H26ClN3O4S. The minimum absolute atomic E-state index is 0.0342. The molecule has 1 aromatic heterocycles. The lowest BCUT2D eigenvalue weighted by atomic mass is 9.94. The number of aliphatic hydroxyl groups is 1. The van der Waals surface area contributed by atoms with Gasteiger partial charge in [0.25, 0.3) is 0 Å². The molecule has 0 radical (unpaired) electrons. The van der Waals surface area contributed by atoms with E-state index in [0.717, 1.165) is 54.8 Å². The molecule has 1 atom stereocenters. The Morgan fingerprint density at radius 3 is 2.74 bits per heavy atom. The van der Waals surface area contributed by atoms with E-state index < -0.39 is 5.41 Å². The SMILES string of the molecule is O=C(Nc1ncc(C(c2cccc(Cl)c2)N2CCC(O)CC2)s1)C1(c2ccc3c(c2)OCO3)CC1. The van der Waals surface area contributed by atoms with Gasteiger partial charge in [-0.25, -0.2) is 4.98 Å². The van der Waals surface area contributed by atoms with Crippen molar-refractivity contribution in [3.05, 3.63) is 69.7 Å². The Bertz CT molecular complexity index is 1250. The minimum atomic E-state index is -0.553. The highest BCUT2D eigenvalue weighted by Gasteiger charge is 2.52. The van der Waals surface area contributed by atoms with Gasteiger partial charge in [-0.05, 0) is 61.1 Å². The van der Waals surface area contributed by atoms with Crippen LogP contribution >= 0.6 is 22.9 Å². The number of amides is 1. The number of benzene rings is 2. The smallest absolute Gasteiger partial charge is 0.236 e. The number of likely N-dealkylation sites (tertiary alicyclic amines) is 1. The molecule has 9 heteroatoms. The molecule has 1 saturated carbocycles. The lowest BCUT2D eigenvalue weighted by Crippen LogP contribution is -2.38. The van der Waals surface area contributed by atoms with Gasteiger partial charge in [-0.1, -0.05) is 41.1 Å². The molecule has 2 aliphatic heterocycles. The molecule has 1 saturated heterocycles. The van der Waals surface area contributed by atoms with Crippen molar-refractivity contribution in [2.75, 3.05) is 25.2 Å². The molecule has 7 nitrogen and oxygen atoms in total. The average Bonchev–Trinajstić information content (AvgIpc) is 3.32. The van der Waals surface area contributed by atoms with Crippen LogP contribution in [0.4, 0.5) is 5.13 Å². The van der Waals surface area contributed by atoms with Crippen LogP contribution in [-0.2, 0) is 10.2 Å². The predicted molar refractivity (Wildman–Crippen MR) is 134 cm³/mol. The normalized spacial score (nSPS) is 19.9. The van der Waals surface area contributed by atoms with E-state index >= 15 is 0 Å². The topological polar surface area (TPSA) is 83.9 Å². The monoisotopic (exact) mass is 511 g/mol. The zero-order valence-electron chi connectivity index (χ0n) is 19.1. The van der Waals surface area contributed by atoms with E-state index in [-0.39, 0.29) is 24.8 Å². The maximum absolute atomic E-state index is 13.4. The van der Waals surface area contributed by atoms with Gasteiger partial charge in [0.1, 0.15) is 0 Å². The summed E-state index contributed by atoms with van der Waals surface area (Å²) in [6.45, 7) is 1.78. The molecule has 0 spiro atoms. The van der Waals surface area contributed by atoms with E-state index in [2.05, 4.69) is 21.3 Å². The number of piperidine rings is 1. The summed E-state index contributed by atoms with van der Waals surface area (Å²) >= 11 is 7.81. The summed E-state index contributed by atoms with van der Waals surface area (Å²) in [4.78, 5) is 21.3. The van der Waals surface area contributed by atoms with Gasteiger partial charge in [0.05, 0.1) is 17.6 Å². The Morgan fingerprint density at radius 2 is 1.97 bits per heavy atom. The van der Waals surface area contributed by atoms with Crippen molar-refractivity contribution in [2.24, 2.45) is 0 Å². The van der Waals surface area contributed by atoms with E-state index in [1.54, 1.807) is 0 Å². The Hall–Kier alpha value is -2.65. The van der Waals surface area contributed by atoms with Crippen molar-refractivity contribution < 1.29 is 19.4 Å². The third kappa shape index (κ3) is 4.40. The quantitative estimate of drug-likeness (QED) is 0.497. The Balaban J connectivity index is 1.24. The molecule has 1 amide bonds. The fourth-order valence-corrected chi connectivity index (χ4v) is 6.20. The van der Waals surface area contributed by atoms with E-state index in [1.165, 1.54) is 11.3 Å². The van der Waals surface area contributed by atoms with E-state index in [4.69, 9.17) is 21.1 Å². The lowest BCUT2D eigenvalue weighted by molar-refractivity contribution is -0.118. The average molecular weight is 512 g/mol. The summed E-state index contributed by atoms with van der Waals surface area (Å²) < 4.78 is 10.9. The van der Waals surface area contributed by atoms with E-state index in [9.17, 15) is 9.90 Å². The van der Waals surface area contributed by atoms with Gasteiger partial charge in [0, 0.05) is 29.2 Å². The van der Waals surface area contributed by atoms with Gasteiger partial charge in [-0.15, -0.1) is 0 Å². The summed E-state index contributed by atoms with van der Waals surface area (Å²) in [5.74, 6) is 1.36. The van der Waals surface area contributed by atoms with Crippen molar-refractivity contribution in [2.45, 2.75) is 43.2 Å². The maximum Gasteiger partial charge on any atom is 0.236 e. The predicted octanol–water partition coefficient (Wildman–Crippen LogP) is 4.74.